The SMILES string of the molecule is O=C(O)COc1cccc2c1NCC2. The zero-order valence-corrected chi connectivity index (χ0v) is 7.62. The molecule has 0 saturated heterocycles. The Morgan fingerprint density at radius 1 is 1.57 bits per heavy atom. The minimum absolute atomic E-state index is 0.294. The topological polar surface area (TPSA) is 58.6 Å². The number of carboxylic acid groups (broad SMARTS) is 1. The molecule has 0 radical (unpaired) electrons. The Bertz CT molecular complexity index is 362. The molecule has 1 aromatic rings. The van der Waals surface area contributed by atoms with Crippen LogP contribution in [-0.4, -0.2) is 24.2 Å². The van der Waals surface area contributed by atoms with E-state index >= 15 is 0 Å². The highest BCUT2D eigenvalue weighted by Gasteiger charge is 2.14. The summed E-state index contributed by atoms with van der Waals surface area (Å²) in [7, 11) is 0. The van der Waals surface area contributed by atoms with Gasteiger partial charge in [-0.2, -0.15) is 0 Å². The molecule has 14 heavy (non-hydrogen) atoms. The van der Waals surface area contributed by atoms with Gasteiger partial charge in [0.2, 0.25) is 0 Å². The third kappa shape index (κ3) is 1.64. The van der Waals surface area contributed by atoms with Crippen molar-refractivity contribution in [3.63, 3.8) is 0 Å². The maximum absolute atomic E-state index is 10.3. The number of ether oxygens (including phenoxy) is 1. The molecule has 2 rings (SSSR count). The van der Waals surface area contributed by atoms with Crippen LogP contribution in [0, 0.1) is 0 Å². The summed E-state index contributed by atoms with van der Waals surface area (Å²) in [5.74, 6) is -0.331. The molecule has 0 aromatic heterocycles. The van der Waals surface area contributed by atoms with Crippen LogP contribution in [0.5, 0.6) is 5.75 Å². The number of nitrogens with one attached hydrogen (secondary N) is 1. The van der Waals surface area contributed by atoms with E-state index in [-0.39, 0.29) is 6.61 Å². The van der Waals surface area contributed by atoms with Gasteiger partial charge >= 0.3 is 5.97 Å². The third-order valence-corrected chi connectivity index (χ3v) is 2.16. The van der Waals surface area contributed by atoms with E-state index in [1.165, 1.54) is 5.56 Å². The third-order valence-electron chi connectivity index (χ3n) is 2.16. The summed E-state index contributed by atoms with van der Waals surface area (Å²) in [4.78, 5) is 10.3. The van der Waals surface area contributed by atoms with E-state index in [1.807, 2.05) is 12.1 Å². The molecule has 0 amide bonds. The Morgan fingerprint density at radius 2 is 2.43 bits per heavy atom. The van der Waals surface area contributed by atoms with Crippen LogP contribution in [0.2, 0.25) is 0 Å². The molecule has 0 saturated carbocycles. The predicted octanol–water partition coefficient (Wildman–Crippen LogP) is 1.12. The number of anilines is 1. The molecule has 0 bridgehead atoms. The van der Waals surface area contributed by atoms with Crippen LogP contribution in [0.25, 0.3) is 0 Å². The van der Waals surface area contributed by atoms with Gasteiger partial charge in [-0.1, -0.05) is 12.1 Å². The number of hydrogen-bond donors (Lipinski definition) is 2. The van der Waals surface area contributed by atoms with E-state index in [2.05, 4.69) is 5.32 Å². The van der Waals surface area contributed by atoms with E-state index in [9.17, 15) is 4.79 Å². The molecule has 1 heterocycles. The molecule has 0 aliphatic carbocycles. The standard InChI is InChI=1S/C10H11NO3/c12-9(13)6-14-8-3-1-2-7-4-5-11-10(7)8/h1-3,11H,4-6H2,(H,12,13). The van der Waals surface area contributed by atoms with Crippen LogP contribution < -0.4 is 10.1 Å². The monoisotopic (exact) mass is 193 g/mol. The van der Waals surface area contributed by atoms with Gasteiger partial charge in [0.15, 0.2) is 6.61 Å². The Hall–Kier alpha value is -1.71. The second-order valence-electron chi connectivity index (χ2n) is 3.15. The summed E-state index contributed by atoms with van der Waals surface area (Å²) in [5.41, 5.74) is 2.13. The zero-order valence-electron chi connectivity index (χ0n) is 7.62. The van der Waals surface area contributed by atoms with Gasteiger partial charge in [-0.15, -0.1) is 0 Å². The maximum atomic E-state index is 10.3. The molecule has 1 aliphatic rings. The minimum Gasteiger partial charge on any atom is -0.480 e. The lowest BCUT2D eigenvalue weighted by Crippen LogP contribution is -2.10. The first-order valence-corrected chi connectivity index (χ1v) is 4.48. The lowest BCUT2D eigenvalue weighted by atomic mass is 10.1. The molecule has 74 valence electrons. The zero-order chi connectivity index (χ0) is 9.97. The Kier molecular flexibility index (Phi) is 2.26. The molecule has 1 aromatic carbocycles. The summed E-state index contributed by atoms with van der Waals surface area (Å²) < 4.78 is 5.15. The highest BCUT2D eigenvalue weighted by Crippen LogP contribution is 2.32. The van der Waals surface area contributed by atoms with Crippen molar-refractivity contribution in [3.05, 3.63) is 23.8 Å². The molecule has 4 nitrogen and oxygen atoms in total. The summed E-state index contributed by atoms with van der Waals surface area (Å²) in [6, 6.07) is 5.67. The van der Waals surface area contributed by atoms with Crippen molar-refractivity contribution in [3.8, 4) is 5.75 Å². The van der Waals surface area contributed by atoms with Crippen LogP contribution in [0.1, 0.15) is 5.56 Å². The molecule has 0 spiro atoms. The highest BCUT2D eigenvalue weighted by molar-refractivity contribution is 5.70. The van der Waals surface area contributed by atoms with Crippen molar-refractivity contribution in [2.75, 3.05) is 18.5 Å². The summed E-state index contributed by atoms with van der Waals surface area (Å²) in [5, 5.41) is 11.7. The van der Waals surface area contributed by atoms with Gasteiger partial charge in [0.05, 0.1) is 5.69 Å². The van der Waals surface area contributed by atoms with Crippen molar-refractivity contribution in [1.82, 2.24) is 0 Å². The van der Waals surface area contributed by atoms with E-state index < -0.39 is 5.97 Å². The fourth-order valence-electron chi connectivity index (χ4n) is 1.57. The van der Waals surface area contributed by atoms with Crippen LogP contribution >= 0.6 is 0 Å². The molecule has 2 N–H and O–H groups in total. The molecular formula is C10H11NO3. The Balaban J connectivity index is 2.17. The van der Waals surface area contributed by atoms with Crippen molar-refractivity contribution in [2.24, 2.45) is 0 Å². The van der Waals surface area contributed by atoms with Crippen LogP contribution in [0.3, 0.4) is 0 Å². The quantitative estimate of drug-likeness (QED) is 0.755. The van der Waals surface area contributed by atoms with Crippen molar-refractivity contribution in [2.45, 2.75) is 6.42 Å². The second kappa shape index (κ2) is 3.57. The largest absolute Gasteiger partial charge is 0.480 e. The van der Waals surface area contributed by atoms with Gasteiger partial charge in [-0.25, -0.2) is 4.79 Å². The lowest BCUT2D eigenvalue weighted by molar-refractivity contribution is -0.139. The molecule has 4 heteroatoms. The smallest absolute Gasteiger partial charge is 0.341 e. The summed E-state index contributed by atoms with van der Waals surface area (Å²) >= 11 is 0. The van der Waals surface area contributed by atoms with E-state index in [0.29, 0.717) is 5.75 Å². The molecule has 0 unspecified atom stereocenters. The number of rotatable bonds is 3. The number of carboxylic acids is 1. The van der Waals surface area contributed by atoms with Gasteiger partial charge in [0, 0.05) is 6.54 Å². The number of aliphatic carboxylic acids is 1. The lowest BCUT2D eigenvalue weighted by Gasteiger charge is -2.08. The number of para-hydroxylation sites is 1. The van der Waals surface area contributed by atoms with Gasteiger partial charge in [-0.3, -0.25) is 0 Å². The summed E-state index contributed by atoms with van der Waals surface area (Å²) in [6.07, 6.45) is 0.972. The maximum Gasteiger partial charge on any atom is 0.341 e. The number of benzene rings is 1. The van der Waals surface area contributed by atoms with E-state index in [1.54, 1.807) is 6.07 Å². The van der Waals surface area contributed by atoms with E-state index in [0.717, 1.165) is 18.7 Å². The van der Waals surface area contributed by atoms with Crippen LogP contribution in [0.15, 0.2) is 18.2 Å². The van der Waals surface area contributed by atoms with Gasteiger partial charge in [0.1, 0.15) is 5.75 Å². The van der Waals surface area contributed by atoms with Gasteiger partial charge in [0.25, 0.3) is 0 Å². The number of fused-ring (bicyclic) bond motifs is 1. The van der Waals surface area contributed by atoms with E-state index in [4.69, 9.17) is 9.84 Å². The molecule has 0 fully saturated rings. The van der Waals surface area contributed by atoms with Crippen molar-refractivity contribution in [1.29, 1.82) is 0 Å². The first kappa shape index (κ1) is 8.87. The fraction of sp³-hybridized carbons (Fsp3) is 0.300. The Morgan fingerprint density at radius 3 is 3.21 bits per heavy atom. The first-order valence-electron chi connectivity index (χ1n) is 4.48. The van der Waals surface area contributed by atoms with Crippen LogP contribution in [0.4, 0.5) is 5.69 Å². The van der Waals surface area contributed by atoms with Crippen molar-refractivity contribution >= 4 is 11.7 Å². The number of hydrogen-bond acceptors (Lipinski definition) is 3. The highest BCUT2D eigenvalue weighted by atomic mass is 16.5. The number of carbonyl (C=O) groups is 1. The average Bonchev–Trinajstić information content (AvgIpc) is 2.62. The Labute approximate surface area is 81.5 Å². The first-order chi connectivity index (χ1) is 6.77. The molecule has 0 atom stereocenters. The predicted molar refractivity (Wildman–Crippen MR) is 51.8 cm³/mol. The molecular weight excluding hydrogens is 182 g/mol. The minimum atomic E-state index is -0.958. The molecule has 1 aliphatic heterocycles. The normalized spacial score (nSPS) is 13.1. The van der Waals surface area contributed by atoms with Crippen molar-refractivity contribution < 1.29 is 14.6 Å². The average molecular weight is 193 g/mol. The van der Waals surface area contributed by atoms with Gasteiger partial charge < -0.3 is 15.2 Å². The van der Waals surface area contributed by atoms with Crippen LogP contribution in [-0.2, 0) is 11.2 Å². The van der Waals surface area contributed by atoms with Gasteiger partial charge in [-0.05, 0) is 18.1 Å². The summed E-state index contributed by atoms with van der Waals surface area (Å²) in [6.45, 7) is 0.598. The second-order valence-corrected chi connectivity index (χ2v) is 3.15. The fourth-order valence-corrected chi connectivity index (χ4v) is 1.57.